The van der Waals surface area contributed by atoms with Gasteiger partial charge >= 0.3 is 0 Å². The second kappa shape index (κ2) is 8.21. The summed E-state index contributed by atoms with van der Waals surface area (Å²) in [6.45, 7) is 2.45. The first kappa shape index (κ1) is 18.2. The minimum atomic E-state index is -0.416. The minimum absolute atomic E-state index is 0.269. The van der Waals surface area contributed by atoms with Crippen LogP contribution in [0.3, 0.4) is 0 Å². The van der Waals surface area contributed by atoms with Crippen molar-refractivity contribution in [2.45, 2.75) is 6.92 Å². The summed E-state index contributed by atoms with van der Waals surface area (Å²) in [5.74, 6) is 0.287. The quantitative estimate of drug-likeness (QED) is 0.477. The zero-order valence-electron chi connectivity index (χ0n) is 14.0. The highest BCUT2D eigenvalue weighted by Gasteiger charge is 2.10. The van der Waals surface area contributed by atoms with E-state index in [0.717, 1.165) is 16.3 Å². The van der Waals surface area contributed by atoms with Gasteiger partial charge in [0.25, 0.3) is 5.91 Å². The summed E-state index contributed by atoms with van der Waals surface area (Å²) in [4.78, 5) is 12.3. The Morgan fingerprint density at radius 1 is 1.15 bits per heavy atom. The molecule has 0 radical (unpaired) electrons. The van der Waals surface area contributed by atoms with Gasteiger partial charge in [-0.2, -0.15) is 5.10 Å². The predicted octanol–water partition coefficient (Wildman–Crippen LogP) is 5.31. The number of hydrogen-bond acceptors (Lipinski definition) is 3. The molecule has 0 aromatic heterocycles. The number of rotatable bonds is 5. The third-order valence-corrected chi connectivity index (χ3v) is 4.31. The van der Waals surface area contributed by atoms with Crippen LogP contribution in [0.4, 0.5) is 0 Å². The average Bonchev–Trinajstić information content (AvgIpc) is 2.63. The van der Waals surface area contributed by atoms with E-state index < -0.39 is 5.91 Å². The van der Waals surface area contributed by atoms with Gasteiger partial charge in [0.15, 0.2) is 0 Å². The molecule has 0 fully saturated rings. The number of hydrazone groups is 1. The summed E-state index contributed by atoms with van der Waals surface area (Å²) in [5.41, 5.74) is 3.59. The maximum Gasteiger partial charge on any atom is 0.272 e. The molecule has 0 saturated heterocycles. The fourth-order valence-electron chi connectivity index (χ4n) is 2.58. The van der Waals surface area contributed by atoms with Crippen molar-refractivity contribution in [3.05, 3.63) is 75.8 Å². The fraction of sp³-hybridized carbons (Fsp3) is 0.100. The van der Waals surface area contributed by atoms with Gasteiger partial charge in [-0.05, 0) is 42.0 Å². The van der Waals surface area contributed by atoms with Crippen LogP contribution in [0.5, 0.6) is 5.75 Å². The van der Waals surface area contributed by atoms with Gasteiger partial charge < -0.3 is 4.74 Å². The molecule has 0 unspecified atom stereocenters. The lowest BCUT2D eigenvalue weighted by molar-refractivity contribution is 0.0955. The predicted molar refractivity (Wildman–Crippen MR) is 107 cm³/mol. The van der Waals surface area contributed by atoms with Crippen LogP contribution in [0.25, 0.3) is 10.8 Å². The van der Waals surface area contributed by atoms with Crippen LogP contribution in [-0.2, 0) is 0 Å². The standard InChI is InChI=1S/C20H16Cl2N2O2/c1-2-26-19-10-7-13-5-3-4-6-15(13)17(19)12-23-24-20(25)16-9-8-14(21)11-18(16)22/h3-12H,2H2,1H3,(H,24,25)/b23-12+. The third-order valence-electron chi connectivity index (χ3n) is 3.77. The highest BCUT2D eigenvalue weighted by atomic mass is 35.5. The fourth-order valence-corrected chi connectivity index (χ4v) is 3.07. The van der Waals surface area contributed by atoms with E-state index in [-0.39, 0.29) is 5.02 Å². The number of ether oxygens (including phenoxy) is 1. The number of fused-ring (bicyclic) bond motifs is 1. The van der Waals surface area contributed by atoms with Crippen LogP contribution < -0.4 is 10.2 Å². The highest BCUT2D eigenvalue weighted by molar-refractivity contribution is 6.36. The smallest absolute Gasteiger partial charge is 0.272 e. The lowest BCUT2D eigenvalue weighted by Gasteiger charge is -2.10. The van der Waals surface area contributed by atoms with Gasteiger partial charge in [0, 0.05) is 10.6 Å². The summed E-state index contributed by atoms with van der Waals surface area (Å²) < 4.78 is 5.68. The molecule has 0 aliphatic heterocycles. The molecule has 1 N–H and O–H groups in total. The number of amides is 1. The molecule has 3 aromatic carbocycles. The van der Waals surface area contributed by atoms with Crippen molar-refractivity contribution in [3.63, 3.8) is 0 Å². The number of nitrogens with zero attached hydrogens (tertiary/aromatic N) is 1. The summed E-state index contributed by atoms with van der Waals surface area (Å²) in [6.07, 6.45) is 1.58. The first-order valence-corrected chi connectivity index (χ1v) is 8.78. The normalized spacial score (nSPS) is 11.0. The summed E-state index contributed by atoms with van der Waals surface area (Å²) in [7, 11) is 0. The Morgan fingerprint density at radius 3 is 2.73 bits per heavy atom. The minimum Gasteiger partial charge on any atom is -0.493 e. The van der Waals surface area contributed by atoms with E-state index in [2.05, 4.69) is 10.5 Å². The Kier molecular flexibility index (Phi) is 5.76. The summed E-state index contributed by atoms with van der Waals surface area (Å²) >= 11 is 11.9. The molecule has 3 aromatic rings. The lowest BCUT2D eigenvalue weighted by Crippen LogP contribution is -2.18. The van der Waals surface area contributed by atoms with Crippen molar-refractivity contribution < 1.29 is 9.53 Å². The van der Waals surface area contributed by atoms with Crippen LogP contribution in [0.1, 0.15) is 22.8 Å². The molecule has 0 spiro atoms. The van der Waals surface area contributed by atoms with E-state index in [1.54, 1.807) is 18.3 Å². The number of carbonyl (C=O) groups excluding carboxylic acids is 1. The van der Waals surface area contributed by atoms with Gasteiger partial charge in [-0.3, -0.25) is 4.79 Å². The number of carbonyl (C=O) groups is 1. The Hall–Kier alpha value is -2.56. The lowest BCUT2D eigenvalue weighted by atomic mass is 10.0. The largest absolute Gasteiger partial charge is 0.493 e. The van der Waals surface area contributed by atoms with Gasteiger partial charge in [-0.1, -0.05) is 53.5 Å². The molecule has 3 rings (SSSR count). The van der Waals surface area contributed by atoms with E-state index >= 15 is 0 Å². The van der Waals surface area contributed by atoms with Crippen LogP contribution in [-0.4, -0.2) is 18.7 Å². The van der Waals surface area contributed by atoms with Gasteiger partial charge in [0.1, 0.15) is 5.75 Å². The number of halogens is 2. The molecule has 1 amide bonds. The van der Waals surface area contributed by atoms with E-state index in [1.807, 2.05) is 43.3 Å². The summed E-state index contributed by atoms with van der Waals surface area (Å²) in [5, 5.41) is 6.86. The SMILES string of the molecule is CCOc1ccc2ccccc2c1/C=N/NC(=O)c1ccc(Cl)cc1Cl. The van der Waals surface area contributed by atoms with Crippen molar-refractivity contribution >= 4 is 46.1 Å². The van der Waals surface area contributed by atoms with Crippen molar-refractivity contribution in [2.24, 2.45) is 5.10 Å². The van der Waals surface area contributed by atoms with Crippen LogP contribution in [0.2, 0.25) is 10.0 Å². The van der Waals surface area contributed by atoms with Crippen molar-refractivity contribution in [2.75, 3.05) is 6.61 Å². The van der Waals surface area contributed by atoms with Crippen LogP contribution in [0, 0.1) is 0 Å². The monoisotopic (exact) mass is 386 g/mol. The Bertz CT molecular complexity index is 987. The molecule has 0 bridgehead atoms. The Labute approximate surface area is 161 Å². The average molecular weight is 387 g/mol. The molecule has 0 saturated carbocycles. The third kappa shape index (κ3) is 3.98. The molecular formula is C20H16Cl2N2O2. The second-order valence-electron chi connectivity index (χ2n) is 5.45. The Morgan fingerprint density at radius 2 is 1.96 bits per heavy atom. The first-order valence-electron chi connectivity index (χ1n) is 8.03. The number of hydrogen-bond donors (Lipinski definition) is 1. The zero-order chi connectivity index (χ0) is 18.5. The van der Waals surface area contributed by atoms with Crippen molar-refractivity contribution in [3.8, 4) is 5.75 Å². The van der Waals surface area contributed by atoms with Gasteiger partial charge in [0.2, 0.25) is 0 Å². The topological polar surface area (TPSA) is 50.7 Å². The van der Waals surface area contributed by atoms with Gasteiger partial charge in [0.05, 0.1) is 23.4 Å². The van der Waals surface area contributed by atoms with E-state index in [4.69, 9.17) is 27.9 Å². The second-order valence-corrected chi connectivity index (χ2v) is 6.30. The van der Waals surface area contributed by atoms with E-state index in [9.17, 15) is 4.79 Å². The zero-order valence-corrected chi connectivity index (χ0v) is 15.5. The number of benzene rings is 3. The van der Waals surface area contributed by atoms with Crippen LogP contribution in [0.15, 0.2) is 59.7 Å². The molecule has 6 heteroatoms. The van der Waals surface area contributed by atoms with E-state index in [1.165, 1.54) is 6.07 Å². The highest BCUT2D eigenvalue weighted by Crippen LogP contribution is 2.26. The molecular weight excluding hydrogens is 371 g/mol. The first-order chi connectivity index (χ1) is 12.6. The van der Waals surface area contributed by atoms with Crippen molar-refractivity contribution in [1.82, 2.24) is 5.43 Å². The molecule has 132 valence electrons. The van der Waals surface area contributed by atoms with Crippen molar-refractivity contribution in [1.29, 1.82) is 0 Å². The van der Waals surface area contributed by atoms with Crippen LogP contribution >= 0.6 is 23.2 Å². The molecule has 0 aliphatic carbocycles. The van der Waals surface area contributed by atoms with Gasteiger partial charge in [-0.25, -0.2) is 5.43 Å². The Balaban J connectivity index is 1.88. The maximum absolute atomic E-state index is 12.3. The van der Waals surface area contributed by atoms with Gasteiger partial charge in [-0.15, -0.1) is 0 Å². The van der Waals surface area contributed by atoms with E-state index in [0.29, 0.717) is 22.9 Å². The maximum atomic E-state index is 12.3. The molecule has 0 aliphatic rings. The molecule has 26 heavy (non-hydrogen) atoms. The molecule has 0 atom stereocenters. The molecule has 0 heterocycles. The molecule has 4 nitrogen and oxygen atoms in total. The summed E-state index contributed by atoms with van der Waals surface area (Å²) in [6, 6.07) is 16.5. The number of nitrogens with one attached hydrogen (secondary N) is 1.